The summed E-state index contributed by atoms with van der Waals surface area (Å²) in [7, 11) is 0. The van der Waals surface area contributed by atoms with Crippen LogP contribution < -0.4 is 10.6 Å². The maximum Gasteiger partial charge on any atom is 0.182 e. The fourth-order valence-corrected chi connectivity index (χ4v) is 2.29. The number of imidazole rings is 1. The van der Waals surface area contributed by atoms with Crippen LogP contribution in [0.2, 0.25) is 0 Å². The summed E-state index contributed by atoms with van der Waals surface area (Å²) in [5, 5.41) is 0. The quantitative estimate of drug-likeness (QED) is 0.749. The monoisotopic (exact) mass is 282 g/mol. The molecule has 2 aromatic heterocycles. The predicted molar refractivity (Wildman–Crippen MR) is 83.5 cm³/mol. The van der Waals surface area contributed by atoms with Gasteiger partial charge in [0.25, 0.3) is 0 Å². The largest absolute Gasteiger partial charge is 0.340 e. The summed E-state index contributed by atoms with van der Waals surface area (Å²) in [6.45, 7) is 3.51. The number of fused-ring (bicyclic) bond motifs is 1. The molecule has 3 N–H and O–H groups in total. The molecule has 6 heteroatoms. The molecule has 0 aliphatic rings. The highest BCUT2D eigenvalue weighted by molar-refractivity contribution is 5.85. The van der Waals surface area contributed by atoms with E-state index in [0.29, 0.717) is 12.2 Å². The Balaban J connectivity index is 2.06. The molecule has 0 bridgehead atoms. The maximum absolute atomic E-state index is 5.67. The Hall–Kier alpha value is -2.47. The summed E-state index contributed by atoms with van der Waals surface area (Å²) in [6.07, 6.45) is 4.06. The van der Waals surface area contributed by atoms with Gasteiger partial charge in [0.05, 0.1) is 6.33 Å². The summed E-state index contributed by atoms with van der Waals surface area (Å²) in [5.74, 6) is 0.829. The minimum absolute atomic E-state index is 0.638. The van der Waals surface area contributed by atoms with Crippen molar-refractivity contribution < 1.29 is 0 Å². The van der Waals surface area contributed by atoms with Crippen molar-refractivity contribution in [1.82, 2.24) is 19.9 Å². The second kappa shape index (κ2) is 5.88. The normalized spacial score (nSPS) is 11.0. The van der Waals surface area contributed by atoms with Crippen LogP contribution in [-0.2, 0) is 0 Å². The van der Waals surface area contributed by atoms with E-state index >= 15 is 0 Å². The number of aromatic nitrogens is 4. The first-order chi connectivity index (χ1) is 10.3. The number of aryl methyl sites for hydroxylation is 1. The fraction of sp³-hybridized carbons (Fsp3) is 0.267. The summed E-state index contributed by atoms with van der Waals surface area (Å²) < 4.78 is 0. The molecule has 108 valence electrons. The van der Waals surface area contributed by atoms with Gasteiger partial charge in [0.1, 0.15) is 11.8 Å². The van der Waals surface area contributed by atoms with Crippen molar-refractivity contribution in [3.05, 3.63) is 42.5 Å². The van der Waals surface area contributed by atoms with Crippen molar-refractivity contribution in [1.29, 1.82) is 0 Å². The third-order valence-corrected chi connectivity index (χ3v) is 3.39. The summed E-state index contributed by atoms with van der Waals surface area (Å²) in [4.78, 5) is 18.1. The van der Waals surface area contributed by atoms with E-state index in [-0.39, 0.29) is 0 Å². The van der Waals surface area contributed by atoms with Gasteiger partial charge >= 0.3 is 0 Å². The number of hydrogen-bond donors (Lipinski definition) is 2. The predicted octanol–water partition coefficient (Wildman–Crippen LogP) is 2.15. The molecular formula is C15H18N6. The van der Waals surface area contributed by atoms with Crippen LogP contribution in [-0.4, -0.2) is 33.0 Å². The lowest BCUT2D eigenvalue weighted by atomic mass is 10.2. The van der Waals surface area contributed by atoms with Crippen molar-refractivity contribution in [3.8, 4) is 0 Å². The van der Waals surface area contributed by atoms with Gasteiger partial charge in [-0.3, -0.25) is 0 Å². The van der Waals surface area contributed by atoms with E-state index in [1.165, 1.54) is 5.56 Å². The van der Waals surface area contributed by atoms with Gasteiger partial charge in [0.2, 0.25) is 0 Å². The molecule has 0 spiro atoms. The minimum Gasteiger partial charge on any atom is -0.340 e. The molecule has 0 unspecified atom stereocenters. The van der Waals surface area contributed by atoms with Crippen LogP contribution in [0.25, 0.3) is 11.2 Å². The number of nitrogens with one attached hydrogen (secondary N) is 1. The van der Waals surface area contributed by atoms with Crippen molar-refractivity contribution in [2.75, 3.05) is 18.0 Å². The summed E-state index contributed by atoms with van der Waals surface area (Å²) in [6, 6.07) is 8.37. The van der Waals surface area contributed by atoms with Gasteiger partial charge < -0.3 is 15.6 Å². The highest BCUT2D eigenvalue weighted by atomic mass is 15.2. The van der Waals surface area contributed by atoms with Crippen LogP contribution in [0, 0.1) is 6.92 Å². The van der Waals surface area contributed by atoms with Gasteiger partial charge in [0, 0.05) is 12.2 Å². The number of anilines is 2. The third-order valence-electron chi connectivity index (χ3n) is 3.39. The van der Waals surface area contributed by atoms with Gasteiger partial charge in [-0.15, -0.1) is 0 Å². The zero-order valence-electron chi connectivity index (χ0n) is 12.0. The van der Waals surface area contributed by atoms with Crippen LogP contribution in [0.15, 0.2) is 36.9 Å². The molecule has 1 aromatic carbocycles. The van der Waals surface area contributed by atoms with Gasteiger partial charge in [-0.25, -0.2) is 15.0 Å². The smallest absolute Gasteiger partial charge is 0.182 e. The van der Waals surface area contributed by atoms with E-state index in [4.69, 9.17) is 5.73 Å². The second-order valence-electron chi connectivity index (χ2n) is 4.93. The molecular weight excluding hydrogens is 264 g/mol. The van der Waals surface area contributed by atoms with Gasteiger partial charge in [-0.2, -0.15) is 0 Å². The molecule has 3 aromatic rings. The van der Waals surface area contributed by atoms with E-state index in [1.807, 2.05) is 0 Å². The minimum atomic E-state index is 0.638. The first-order valence-corrected chi connectivity index (χ1v) is 6.98. The number of nitrogens with zero attached hydrogens (tertiary/aromatic N) is 4. The Kier molecular flexibility index (Phi) is 3.79. The molecule has 6 nitrogen and oxygen atoms in total. The molecule has 0 amide bonds. The van der Waals surface area contributed by atoms with Crippen molar-refractivity contribution >= 4 is 22.7 Å². The van der Waals surface area contributed by atoms with Crippen LogP contribution in [0.5, 0.6) is 0 Å². The molecule has 2 heterocycles. The molecule has 0 fully saturated rings. The average Bonchev–Trinajstić information content (AvgIpc) is 2.98. The fourth-order valence-electron chi connectivity index (χ4n) is 2.29. The molecule has 0 aliphatic carbocycles. The molecule has 0 aliphatic heterocycles. The Morgan fingerprint density at radius 1 is 1.14 bits per heavy atom. The van der Waals surface area contributed by atoms with Crippen molar-refractivity contribution in [2.24, 2.45) is 5.73 Å². The highest BCUT2D eigenvalue weighted by Crippen LogP contribution is 2.28. The van der Waals surface area contributed by atoms with Gasteiger partial charge in [-0.05, 0) is 32.0 Å². The van der Waals surface area contributed by atoms with E-state index < -0.39 is 0 Å². The van der Waals surface area contributed by atoms with E-state index in [1.54, 1.807) is 12.7 Å². The lowest BCUT2D eigenvalue weighted by Crippen LogP contribution is -2.22. The standard InChI is InChI=1S/C15H18N6/c1-11-3-5-12(6-4-11)21(8-2-7-16)15-13-14(18-9-17-13)19-10-20-15/h3-6,9-10H,2,7-8,16H2,1H3,(H,17,18,19,20). The lowest BCUT2D eigenvalue weighted by molar-refractivity contribution is 0.810. The molecule has 21 heavy (non-hydrogen) atoms. The number of hydrogen-bond acceptors (Lipinski definition) is 5. The van der Waals surface area contributed by atoms with Crippen LogP contribution in [0.1, 0.15) is 12.0 Å². The number of H-pyrrole nitrogens is 1. The van der Waals surface area contributed by atoms with Crippen molar-refractivity contribution in [2.45, 2.75) is 13.3 Å². The highest BCUT2D eigenvalue weighted by Gasteiger charge is 2.15. The van der Waals surface area contributed by atoms with Gasteiger partial charge in [-0.1, -0.05) is 17.7 Å². The molecule has 0 saturated carbocycles. The van der Waals surface area contributed by atoms with Gasteiger partial charge in [0.15, 0.2) is 11.5 Å². The zero-order chi connectivity index (χ0) is 14.7. The van der Waals surface area contributed by atoms with Crippen molar-refractivity contribution in [3.63, 3.8) is 0 Å². The van der Waals surface area contributed by atoms with Crippen LogP contribution in [0.4, 0.5) is 11.5 Å². The molecule has 0 saturated heterocycles. The molecule has 0 atom stereocenters. The van der Waals surface area contributed by atoms with E-state index in [9.17, 15) is 0 Å². The Bertz CT molecular complexity index is 718. The number of nitrogens with two attached hydrogens (primary N) is 1. The topological polar surface area (TPSA) is 83.7 Å². The average molecular weight is 282 g/mol. The molecule has 0 radical (unpaired) electrons. The Morgan fingerprint density at radius 2 is 1.95 bits per heavy atom. The molecule has 3 rings (SSSR count). The number of benzene rings is 1. The van der Waals surface area contributed by atoms with E-state index in [2.05, 4.69) is 56.0 Å². The van der Waals surface area contributed by atoms with Crippen LogP contribution >= 0.6 is 0 Å². The first kappa shape index (κ1) is 13.5. The first-order valence-electron chi connectivity index (χ1n) is 6.98. The lowest BCUT2D eigenvalue weighted by Gasteiger charge is -2.24. The summed E-state index contributed by atoms with van der Waals surface area (Å²) >= 11 is 0. The number of rotatable bonds is 5. The van der Waals surface area contributed by atoms with Crippen LogP contribution in [0.3, 0.4) is 0 Å². The third kappa shape index (κ3) is 2.71. The Morgan fingerprint density at radius 3 is 2.71 bits per heavy atom. The second-order valence-corrected chi connectivity index (χ2v) is 4.93. The SMILES string of the molecule is Cc1ccc(N(CCCN)c2ncnc3nc[nH]c23)cc1. The zero-order valence-corrected chi connectivity index (χ0v) is 12.0. The Labute approximate surface area is 123 Å². The number of aromatic amines is 1. The maximum atomic E-state index is 5.67. The van der Waals surface area contributed by atoms with E-state index in [0.717, 1.165) is 30.0 Å². The summed E-state index contributed by atoms with van der Waals surface area (Å²) in [5.41, 5.74) is 9.50.